The quantitative estimate of drug-likeness (QED) is 0.899. The second kappa shape index (κ2) is 7.00. The summed E-state index contributed by atoms with van der Waals surface area (Å²) in [7, 11) is 0. The number of aliphatic hydroxyl groups is 1. The molecule has 2 aromatic rings. The normalized spacial score (nSPS) is 19.0. The summed E-state index contributed by atoms with van der Waals surface area (Å²) in [6.45, 7) is 1.70. The second-order valence-electron chi connectivity index (χ2n) is 7.22. The fraction of sp³-hybridized carbons (Fsp3) is 0.500. The van der Waals surface area contributed by atoms with Crippen LogP contribution in [-0.2, 0) is 11.4 Å². The number of aromatic nitrogens is 1. The molecule has 1 saturated heterocycles. The summed E-state index contributed by atoms with van der Waals surface area (Å²) in [5.74, 6) is 1.37. The van der Waals surface area contributed by atoms with E-state index in [4.69, 9.17) is 4.98 Å². The Morgan fingerprint density at radius 2 is 1.96 bits per heavy atom. The fourth-order valence-corrected chi connectivity index (χ4v) is 3.76. The maximum absolute atomic E-state index is 12.1. The minimum atomic E-state index is -0.00842. The number of anilines is 1. The summed E-state index contributed by atoms with van der Waals surface area (Å²) in [4.78, 5) is 19.1. The molecule has 2 N–H and O–H groups in total. The van der Waals surface area contributed by atoms with Crippen molar-refractivity contribution in [1.29, 1.82) is 0 Å². The number of carbonyl (C=O) groups excluding carboxylic acids is 1. The summed E-state index contributed by atoms with van der Waals surface area (Å²) in [5, 5.41) is 14.0. The van der Waals surface area contributed by atoms with Gasteiger partial charge in [0.1, 0.15) is 5.82 Å². The Kier molecular flexibility index (Phi) is 4.57. The summed E-state index contributed by atoms with van der Waals surface area (Å²) in [6, 6.07) is 10.3. The summed E-state index contributed by atoms with van der Waals surface area (Å²) in [5.41, 5.74) is 1.82. The van der Waals surface area contributed by atoms with Crippen molar-refractivity contribution in [3.8, 4) is 0 Å². The Morgan fingerprint density at radius 3 is 2.64 bits per heavy atom. The topological polar surface area (TPSA) is 65.5 Å². The highest BCUT2D eigenvalue weighted by atomic mass is 16.3. The van der Waals surface area contributed by atoms with Gasteiger partial charge in [-0.25, -0.2) is 4.98 Å². The number of nitrogens with one attached hydrogen (secondary N) is 1. The Balaban J connectivity index is 1.44. The Bertz CT molecular complexity index is 765. The van der Waals surface area contributed by atoms with Crippen molar-refractivity contribution in [2.24, 2.45) is 5.92 Å². The predicted octanol–water partition coefficient (Wildman–Crippen LogP) is 2.61. The lowest BCUT2D eigenvalue weighted by molar-refractivity contribution is -0.128. The number of para-hydroxylation sites is 1. The molecule has 5 nitrogen and oxygen atoms in total. The molecule has 1 aromatic heterocycles. The van der Waals surface area contributed by atoms with Crippen molar-refractivity contribution in [3.05, 3.63) is 35.9 Å². The fourth-order valence-electron chi connectivity index (χ4n) is 3.76. The largest absolute Gasteiger partial charge is 0.392 e. The molecule has 2 heterocycles. The van der Waals surface area contributed by atoms with Crippen LogP contribution in [0.25, 0.3) is 10.9 Å². The first-order valence-corrected chi connectivity index (χ1v) is 9.29. The molecule has 1 amide bonds. The van der Waals surface area contributed by atoms with Crippen LogP contribution < -0.4 is 10.2 Å². The number of amides is 1. The number of rotatable bonds is 4. The third-order valence-corrected chi connectivity index (χ3v) is 5.57. The highest BCUT2D eigenvalue weighted by Crippen LogP contribution is 2.28. The molecule has 1 aromatic carbocycles. The number of pyridine rings is 1. The van der Waals surface area contributed by atoms with Crippen LogP contribution >= 0.6 is 0 Å². The second-order valence-corrected chi connectivity index (χ2v) is 7.22. The van der Waals surface area contributed by atoms with E-state index in [0.29, 0.717) is 0 Å². The van der Waals surface area contributed by atoms with E-state index >= 15 is 0 Å². The molecular weight excluding hydrogens is 314 g/mol. The predicted molar refractivity (Wildman–Crippen MR) is 98.4 cm³/mol. The molecule has 5 heteroatoms. The molecule has 0 unspecified atom stereocenters. The van der Waals surface area contributed by atoms with E-state index in [1.807, 2.05) is 30.3 Å². The van der Waals surface area contributed by atoms with Gasteiger partial charge < -0.3 is 15.3 Å². The van der Waals surface area contributed by atoms with Crippen LogP contribution in [0.15, 0.2) is 30.3 Å². The van der Waals surface area contributed by atoms with E-state index in [1.165, 1.54) is 6.42 Å². The molecule has 1 aliphatic heterocycles. The molecule has 4 rings (SSSR count). The van der Waals surface area contributed by atoms with E-state index in [1.54, 1.807) is 0 Å². The number of hydrogen-bond acceptors (Lipinski definition) is 4. The van der Waals surface area contributed by atoms with Gasteiger partial charge in [0.2, 0.25) is 5.91 Å². The van der Waals surface area contributed by atoms with Crippen LogP contribution in [0.5, 0.6) is 0 Å². The van der Waals surface area contributed by atoms with Gasteiger partial charge in [-0.15, -0.1) is 0 Å². The monoisotopic (exact) mass is 339 g/mol. The van der Waals surface area contributed by atoms with Gasteiger partial charge in [-0.3, -0.25) is 4.79 Å². The Morgan fingerprint density at radius 1 is 1.20 bits per heavy atom. The van der Waals surface area contributed by atoms with Gasteiger partial charge in [-0.05, 0) is 37.8 Å². The van der Waals surface area contributed by atoms with E-state index in [9.17, 15) is 9.90 Å². The summed E-state index contributed by atoms with van der Waals surface area (Å²) in [6.07, 6.45) is 5.14. The molecule has 2 fully saturated rings. The molecule has 2 aliphatic rings. The van der Waals surface area contributed by atoms with Gasteiger partial charge in [0.25, 0.3) is 0 Å². The lowest BCUT2D eigenvalue weighted by Crippen LogP contribution is -2.47. The van der Waals surface area contributed by atoms with E-state index in [2.05, 4.69) is 10.2 Å². The van der Waals surface area contributed by atoms with Crippen molar-refractivity contribution in [2.45, 2.75) is 44.8 Å². The highest BCUT2D eigenvalue weighted by molar-refractivity contribution is 5.82. The van der Waals surface area contributed by atoms with Gasteiger partial charge in [0.05, 0.1) is 12.1 Å². The highest BCUT2D eigenvalue weighted by Gasteiger charge is 2.29. The van der Waals surface area contributed by atoms with Crippen molar-refractivity contribution < 1.29 is 9.90 Å². The molecular formula is C20H25N3O2. The Labute approximate surface area is 148 Å². The van der Waals surface area contributed by atoms with Crippen LogP contribution in [0.1, 0.15) is 37.7 Å². The number of aliphatic hydroxyl groups excluding tert-OH is 1. The molecule has 0 bridgehead atoms. The standard InChI is InChI=1S/C20H25N3O2/c24-13-16-12-15-4-1-2-7-18(15)22-19(16)23-10-8-17(9-11-23)21-20(25)14-5-3-6-14/h1-2,4,7,12,14,17,24H,3,5-6,8-11,13H2,(H,21,25). The smallest absolute Gasteiger partial charge is 0.223 e. The van der Waals surface area contributed by atoms with Gasteiger partial charge in [0, 0.05) is 36.0 Å². The lowest BCUT2D eigenvalue weighted by atomic mass is 9.84. The van der Waals surface area contributed by atoms with Crippen LogP contribution in [0.2, 0.25) is 0 Å². The first kappa shape index (κ1) is 16.3. The summed E-state index contributed by atoms with van der Waals surface area (Å²) >= 11 is 0. The summed E-state index contributed by atoms with van der Waals surface area (Å²) < 4.78 is 0. The first-order valence-electron chi connectivity index (χ1n) is 9.29. The lowest BCUT2D eigenvalue weighted by Gasteiger charge is -2.35. The number of piperidine rings is 1. The van der Waals surface area contributed by atoms with Crippen LogP contribution in [0.4, 0.5) is 5.82 Å². The maximum atomic E-state index is 12.1. The van der Waals surface area contributed by atoms with Crippen LogP contribution in [-0.4, -0.2) is 35.1 Å². The number of fused-ring (bicyclic) bond motifs is 1. The SMILES string of the molecule is O=C(NC1CCN(c2nc3ccccc3cc2CO)CC1)C1CCC1. The average Bonchev–Trinajstić information content (AvgIpc) is 2.59. The molecule has 0 spiro atoms. The zero-order valence-electron chi connectivity index (χ0n) is 14.4. The van der Waals surface area contributed by atoms with E-state index in [-0.39, 0.29) is 24.5 Å². The number of hydrogen-bond donors (Lipinski definition) is 2. The van der Waals surface area contributed by atoms with Crippen LogP contribution in [0, 0.1) is 5.92 Å². The molecule has 132 valence electrons. The zero-order valence-corrected chi connectivity index (χ0v) is 14.4. The molecule has 0 radical (unpaired) electrons. The molecule has 25 heavy (non-hydrogen) atoms. The number of nitrogens with zero attached hydrogens (tertiary/aromatic N) is 2. The molecule has 0 atom stereocenters. The third kappa shape index (κ3) is 3.33. The van der Waals surface area contributed by atoms with E-state index < -0.39 is 0 Å². The van der Waals surface area contributed by atoms with Gasteiger partial charge >= 0.3 is 0 Å². The van der Waals surface area contributed by atoms with Gasteiger partial charge in [-0.2, -0.15) is 0 Å². The first-order chi connectivity index (χ1) is 12.2. The zero-order chi connectivity index (χ0) is 17.2. The number of carbonyl (C=O) groups is 1. The van der Waals surface area contributed by atoms with Gasteiger partial charge in [0.15, 0.2) is 0 Å². The number of benzene rings is 1. The van der Waals surface area contributed by atoms with Crippen LogP contribution in [0.3, 0.4) is 0 Å². The van der Waals surface area contributed by atoms with Crippen molar-refractivity contribution in [1.82, 2.24) is 10.3 Å². The van der Waals surface area contributed by atoms with Crippen molar-refractivity contribution in [3.63, 3.8) is 0 Å². The van der Waals surface area contributed by atoms with Crippen molar-refractivity contribution in [2.75, 3.05) is 18.0 Å². The molecule has 1 saturated carbocycles. The third-order valence-electron chi connectivity index (χ3n) is 5.57. The average molecular weight is 339 g/mol. The van der Waals surface area contributed by atoms with E-state index in [0.717, 1.165) is 61.1 Å². The van der Waals surface area contributed by atoms with Gasteiger partial charge in [-0.1, -0.05) is 24.6 Å². The maximum Gasteiger partial charge on any atom is 0.223 e. The minimum absolute atomic E-state index is 0.00842. The minimum Gasteiger partial charge on any atom is -0.392 e. The Hall–Kier alpha value is -2.14. The van der Waals surface area contributed by atoms with Crippen molar-refractivity contribution >= 4 is 22.6 Å². The molecule has 1 aliphatic carbocycles.